The van der Waals surface area contributed by atoms with Gasteiger partial charge in [-0.25, -0.2) is 0 Å². The van der Waals surface area contributed by atoms with Crippen molar-refractivity contribution in [2.45, 2.75) is 64.7 Å². The van der Waals surface area contributed by atoms with Crippen LogP contribution in [0.1, 0.15) is 64.7 Å². The predicted octanol–water partition coefficient (Wildman–Crippen LogP) is 4.38. The highest BCUT2D eigenvalue weighted by molar-refractivity contribution is 7.85. The van der Waals surface area contributed by atoms with Crippen LogP contribution in [-0.2, 0) is 20.4 Å². The largest absolute Gasteiger partial charge is 0.494 e. The molecule has 7 heteroatoms. The van der Waals surface area contributed by atoms with Crippen molar-refractivity contribution in [2.24, 2.45) is 0 Å². The molecule has 0 amide bonds. The van der Waals surface area contributed by atoms with Gasteiger partial charge in [0, 0.05) is 16.6 Å². The van der Waals surface area contributed by atoms with Crippen LogP contribution in [0.4, 0.5) is 0 Å². The first-order valence-electron chi connectivity index (χ1n) is 10.5. The Morgan fingerprint density at radius 3 is 2.03 bits per heavy atom. The lowest BCUT2D eigenvalue weighted by Gasteiger charge is -2.08. The van der Waals surface area contributed by atoms with Crippen LogP contribution in [0.25, 0.3) is 0 Å². The molecule has 0 saturated carbocycles. The summed E-state index contributed by atoms with van der Waals surface area (Å²) in [5.74, 6) is -0.245. The second-order valence-corrected chi connectivity index (χ2v) is 8.63. The SMILES string of the molecule is CCCCCCCCCCOc1ccc(OCC(=O)CS(=O)CCC(=O)O)cc1. The van der Waals surface area contributed by atoms with Crippen molar-refractivity contribution < 1.29 is 28.4 Å². The summed E-state index contributed by atoms with van der Waals surface area (Å²) in [4.78, 5) is 22.2. The molecular weight excluding hydrogens is 392 g/mol. The molecule has 0 heterocycles. The van der Waals surface area contributed by atoms with Crippen LogP contribution in [0.5, 0.6) is 11.5 Å². The summed E-state index contributed by atoms with van der Waals surface area (Å²) in [5.41, 5.74) is 0. The molecule has 0 bridgehead atoms. The highest BCUT2D eigenvalue weighted by Gasteiger charge is 2.10. The number of carbonyl (C=O) groups is 2. The van der Waals surface area contributed by atoms with Crippen molar-refractivity contribution in [3.05, 3.63) is 24.3 Å². The van der Waals surface area contributed by atoms with Gasteiger partial charge in [0.2, 0.25) is 0 Å². The number of unbranched alkanes of at least 4 members (excludes halogenated alkanes) is 7. The number of ether oxygens (including phenoxy) is 2. The average Bonchev–Trinajstić information content (AvgIpc) is 2.70. The van der Waals surface area contributed by atoms with Gasteiger partial charge in [0.05, 0.1) is 18.8 Å². The van der Waals surface area contributed by atoms with Crippen LogP contribution >= 0.6 is 0 Å². The normalized spacial score (nSPS) is 11.8. The third-order valence-electron chi connectivity index (χ3n) is 4.36. The summed E-state index contributed by atoms with van der Waals surface area (Å²) in [6.07, 6.45) is 9.87. The first-order valence-corrected chi connectivity index (χ1v) is 11.9. The van der Waals surface area contributed by atoms with Gasteiger partial charge in [0.1, 0.15) is 18.1 Å². The van der Waals surface area contributed by atoms with E-state index in [4.69, 9.17) is 14.6 Å². The lowest BCUT2D eigenvalue weighted by atomic mass is 10.1. The smallest absolute Gasteiger partial charge is 0.304 e. The Kier molecular flexibility index (Phi) is 13.8. The van der Waals surface area contributed by atoms with Gasteiger partial charge in [0.15, 0.2) is 5.78 Å². The van der Waals surface area contributed by atoms with Crippen LogP contribution < -0.4 is 9.47 Å². The van der Waals surface area contributed by atoms with Crippen molar-refractivity contribution in [3.8, 4) is 11.5 Å². The molecule has 0 radical (unpaired) electrons. The molecule has 0 aliphatic carbocycles. The monoisotopic (exact) mass is 426 g/mol. The van der Waals surface area contributed by atoms with E-state index in [1.54, 1.807) is 24.3 Å². The van der Waals surface area contributed by atoms with Crippen LogP contribution in [0, 0.1) is 0 Å². The number of ketones is 1. The van der Waals surface area contributed by atoms with Gasteiger partial charge in [-0.3, -0.25) is 13.8 Å². The topological polar surface area (TPSA) is 89.9 Å². The highest BCUT2D eigenvalue weighted by atomic mass is 32.2. The zero-order valence-corrected chi connectivity index (χ0v) is 18.2. The first kappa shape index (κ1) is 25.1. The van der Waals surface area contributed by atoms with Gasteiger partial charge >= 0.3 is 5.97 Å². The van der Waals surface area contributed by atoms with E-state index >= 15 is 0 Å². The Labute approximate surface area is 176 Å². The van der Waals surface area contributed by atoms with Crippen LogP contribution in [-0.4, -0.2) is 45.8 Å². The summed E-state index contributed by atoms with van der Waals surface area (Å²) in [6, 6.07) is 7.07. The Bertz CT molecular complexity index is 614. The number of Topliss-reactive ketones (excluding diaryl/α,β-unsaturated/α-hetero) is 1. The minimum Gasteiger partial charge on any atom is -0.494 e. The molecule has 1 aromatic carbocycles. The molecule has 1 atom stereocenters. The maximum atomic E-state index is 11.7. The van der Waals surface area contributed by atoms with Gasteiger partial charge in [0.25, 0.3) is 0 Å². The minimum absolute atomic E-state index is 0.0219. The second kappa shape index (κ2) is 16.0. The summed E-state index contributed by atoms with van der Waals surface area (Å²) in [6.45, 7) is 2.74. The zero-order chi connectivity index (χ0) is 21.3. The van der Waals surface area contributed by atoms with E-state index in [1.807, 2.05) is 0 Å². The molecule has 1 rings (SSSR count). The Morgan fingerprint density at radius 2 is 1.45 bits per heavy atom. The molecule has 0 aromatic heterocycles. The summed E-state index contributed by atoms with van der Waals surface area (Å²) in [7, 11) is -1.47. The van der Waals surface area contributed by atoms with Crippen LogP contribution in [0.2, 0.25) is 0 Å². The first-order chi connectivity index (χ1) is 14.0. The third-order valence-corrected chi connectivity index (χ3v) is 5.66. The number of hydrogen-bond donors (Lipinski definition) is 1. The Hall–Kier alpha value is -1.89. The summed E-state index contributed by atoms with van der Waals surface area (Å²) >= 11 is 0. The maximum absolute atomic E-state index is 11.7. The average molecular weight is 427 g/mol. The van der Waals surface area contributed by atoms with Crippen molar-refractivity contribution in [2.75, 3.05) is 24.7 Å². The van der Waals surface area contributed by atoms with Crippen molar-refractivity contribution in [1.29, 1.82) is 0 Å². The van der Waals surface area contributed by atoms with E-state index in [1.165, 1.54) is 44.9 Å². The molecule has 6 nitrogen and oxygen atoms in total. The standard InChI is InChI=1S/C22H34O6S/c1-2-3-4-5-6-7-8-9-15-27-20-10-12-21(13-11-20)28-17-19(23)18-29(26)16-14-22(24)25/h10-13H,2-9,14-18H2,1H3,(H,24,25). The fourth-order valence-corrected chi connectivity index (χ4v) is 3.71. The molecule has 29 heavy (non-hydrogen) atoms. The number of benzene rings is 1. The van der Waals surface area contributed by atoms with E-state index in [-0.39, 0.29) is 30.3 Å². The fourth-order valence-electron chi connectivity index (χ4n) is 2.72. The Morgan fingerprint density at radius 1 is 0.897 bits per heavy atom. The number of carboxylic acid groups (broad SMARTS) is 1. The minimum atomic E-state index is -1.47. The number of carboxylic acids is 1. The highest BCUT2D eigenvalue weighted by Crippen LogP contribution is 2.18. The summed E-state index contributed by atoms with van der Waals surface area (Å²) < 4.78 is 22.7. The van der Waals surface area contributed by atoms with E-state index in [2.05, 4.69) is 6.92 Å². The van der Waals surface area contributed by atoms with E-state index in [0.29, 0.717) is 12.4 Å². The van der Waals surface area contributed by atoms with Crippen molar-refractivity contribution >= 4 is 22.6 Å². The van der Waals surface area contributed by atoms with Gasteiger partial charge in [-0.15, -0.1) is 0 Å². The second-order valence-electron chi connectivity index (χ2n) is 7.05. The molecule has 0 aliphatic heterocycles. The molecule has 1 aromatic rings. The predicted molar refractivity (Wildman–Crippen MR) is 115 cm³/mol. The molecule has 0 spiro atoms. The maximum Gasteiger partial charge on any atom is 0.304 e. The van der Waals surface area contributed by atoms with Gasteiger partial charge < -0.3 is 14.6 Å². The van der Waals surface area contributed by atoms with E-state index in [0.717, 1.165) is 12.2 Å². The van der Waals surface area contributed by atoms with Crippen LogP contribution in [0.3, 0.4) is 0 Å². The Balaban J connectivity index is 2.13. The number of rotatable bonds is 18. The number of hydrogen-bond acceptors (Lipinski definition) is 5. The third kappa shape index (κ3) is 13.8. The van der Waals surface area contributed by atoms with Crippen molar-refractivity contribution in [3.63, 3.8) is 0 Å². The van der Waals surface area contributed by atoms with Crippen molar-refractivity contribution in [1.82, 2.24) is 0 Å². The number of carbonyl (C=O) groups excluding carboxylic acids is 1. The lowest BCUT2D eigenvalue weighted by Crippen LogP contribution is -2.20. The van der Waals surface area contributed by atoms with Crippen LogP contribution in [0.15, 0.2) is 24.3 Å². The lowest BCUT2D eigenvalue weighted by molar-refractivity contribution is -0.136. The zero-order valence-electron chi connectivity index (χ0n) is 17.4. The summed E-state index contributed by atoms with van der Waals surface area (Å²) in [5, 5.41) is 8.54. The molecule has 1 N–H and O–H groups in total. The quantitative estimate of drug-likeness (QED) is 0.350. The van der Waals surface area contributed by atoms with Gasteiger partial charge in [-0.1, -0.05) is 51.9 Å². The van der Waals surface area contributed by atoms with Gasteiger partial charge in [-0.2, -0.15) is 0 Å². The molecule has 1 unspecified atom stereocenters. The molecule has 164 valence electrons. The van der Waals surface area contributed by atoms with E-state index < -0.39 is 16.8 Å². The molecule has 0 saturated heterocycles. The number of aliphatic carboxylic acids is 1. The molecule has 0 aliphatic rings. The molecular formula is C22H34O6S. The molecule has 0 fully saturated rings. The van der Waals surface area contributed by atoms with Gasteiger partial charge in [-0.05, 0) is 30.7 Å². The van der Waals surface area contributed by atoms with E-state index in [9.17, 15) is 13.8 Å². The fraction of sp³-hybridized carbons (Fsp3) is 0.636.